The van der Waals surface area contributed by atoms with Gasteiger partial charge in [-0.25, -0.2) is 13.4 Å². The summed E-state index contributed by atoms with van der Waals surface area (Å²) in [5.74, 6) is 0. The number of anilines is 1. The molecule has 146 valence electrons. The van der Waals surface area contributed by atoms with Gasteiger partial charge in [0.25, 0.3) is 5.69 Å². The van der Waals surface area contributed by atoms with Gasteiger partial charge in [-0.2, -0.15) is 4.37 Å². The maximum absolute atomic E-state index is 11.4. The average Bonchev–Trinajstić information content (AvgIpc) is 3.09. The van der Waals surface area contributed by atoms with Crippen LogP contribution in [0.3, 0.4) is 0 Å². The minimum atomic E-state index is -4.82. The van der Waals surface area contributed by atoms with Crippen molar-refractivity contribution in [3.05, 3.63) is 42.1 Å². The van der Waals surface area contributed by atoms with Crippen LogP contribution in [-0.2, 0) is 14.6 Å². The molecule has 1 aromatic carbocycles. The van der Waals surface area contributed by atoms with Crippen LogP contribution in [0, 0.1) is 17.5 Å². The largest absolute Gasteiger partial charge is 0.726 e. The first-order valence-electron chi connectivity index (χ1n) is 7.12. The summed E-state index contributed by atoms with van der Waals surface area (Å²) in [5, 5.41) is 19.4. The molecule has 27 heavy (non-hydrogen) atoms. The normalized spacial score (nSPS) is 11.3. The second kappa shape index (κ2) is 9.86. The summed E-state index contributed by atoms with van der Waals surface area (Å²) in [6.45, 7) is 1.60. The number of nitrogens with zero attached hydrogens (tertiary/aromatic N) is 6. The van der Waals surface area contributed by atoms with E-state index in [1.807, 2.05) is 0 Å². The standard InChI is InChI=1S/C12H14N6O6S2.CH3/c1-2-17(5-6-24-26(21,22)23)10-4-3-9(7-11(10)18(19)20)15-16-12-13-8-14-25-12;/h3-4,7-8H,2,5-6H2,1H3,(H,21,22,23);1H3/q;+1/p-1. The Morgan fingerprint density at radius 2 is 2.11 bits per heavy atom. The third-order valence-corrected chi connectivity index (χ3v) is 4.07. The first-order valence-corrected chi connectivity index (χ1v) is 9.23. The van der Waals surface area contributed by atoms with Crippen LogP contribution in [0.15, 0.2) is 34.8 Å². The molecule has 0 fully saturated rings. The van der Waals surface area contributed by atoms with Crippen LogP contribution >= 0.6 is 11.5 Å². The highest BCUT2D eigenvalue weighted by molar-refractivity contribution is 7.80. The molecule has 14 heteroatoms. The lowest BCUT2D eigenvalue weighted by molar-refractivity contribution is -0.384. The van der Waals surface area contributed by atoms with Gasteiger partial charge >= 0.3 is 0 Å². The summed E-state index contributed by atoms with van der Waals surface area (Å²) in [4.78, 5) is 16.1. The second-order valence-electron chi connectivity index (χ2n) is 4.66. The maximum atomic E-state index is 11.4. The first-order chi connectivity index (χ1) is 12.3. The zero-order chi connectivity index (χ0) is 19.2. The highest BCUT2D eigenvalue weighted by Crippen LogP contribution is 2.32. The molecule has 0 aliphatic rings. The molecule has 0 amide bonds. The van der Waals surface area contributed by atoms with Gasteiger partial charge in [-0.15, -0.1) is 10.2 Å². The van der Waals surface area contributed by atoms with E-state index in [4.69, 9.17) is 0 Å². The van der Waals surface area contributed by atoms with Crippen LogP contribution in [0.5, 0.6) is 0 Å². The van der Waals surface area contributed by atoms with Gasteiger partial charge < -0.3 is 9.45 Å². The molecule has 0 atom stereocenters. The highest BCUT2D eigenvalue weighted by Gasteiger charge is 2.19. The molecule has 2 aromatic rings. The van der Waals surface area contributed by atoms with E-state index in [-0.39, 0.29) is 31.0 Å². The van der Waals surface area contributed by atoms with Gasteiger partial charge in [-0.3, -0.25) is 14.3 Å². The third kappa shape index (κ3) is 6.86. The molecule has 0 saturated carbocycles. The minimum Gasteiger partial charge on any atom is -0.726 e. The fourth-order valence-electron chi connectivity index (χ4n) is 2.00. The van der Waals surface area contributed by atoms with E-state index in [0.29, 0.717) is 11.7 Å². The Kier molecular flexibility index (Phi) is 8.17. The SMILES string of the molecule is CCN(CCOS(=O)(=O)[O-])c1ccc(N=Nc2ncns2)cc1[N+](=O)[O-].[CH3+]. The average molecular weight is 416 g/mol. The summed E-state index contributed by atoms with van der Waals surface area (Å²) >= 11 is 1.02. The van der Waals surface area contributed by atoms with Crippen molar-refractivity contribution in [3.8, 4) is 0 Å². The third-order valence-electron chi connectivity index (χ3n) is 3.07. The van der Waals surface area contributed by atoms with E-state index in [1.54, 1.807) is 6.92 Å². The molecule has 0 unspecified atom stereocenters. The predicted octanol–water partition coefficient (Wildman–Crippen LogP) is 2.62. The fourth-order valence-corrected chi connectivity index (χ4v) is 2.64. The highest BCUT2D eigenvalue weighted by atomic mass is 32.3. The molecule has 12 nitrogen and oxygen atoms in total. The summed E-state index contributed by atoms with van der Waals surface area (Å²) in [7, 11) is -4.82. The van der Waals surface area contributed by atoms with Crippen molar-refractivity contribution in [2.24, 2.45) is 10.2 Å². The number of benzene rings is 1. The molecular weight excluding hydrogens is 400 g/mol. The molecular formula is C13H16N6O6S2. The van der Waals surface area contributed by atoms with Gasteiger partial charge in [0.1, 0.15) is 12.0 Å². The van der Waals surface area contributed by atoms with Gasteiger partial charge in [-0.05, 0) is 19.1 Å². The van der Waals surface area contributed by atoms with Crippen molar-refractivity contribution in [2.45, 2.75) is 6.92 Å². The monoisotopic (exact) mass is 416 g/mol. The quantitative estimate of drug-likeness (QED) is 0.149. The van der Waals surface area contributed by atoms with Crippen molar-refractivity contribution in [3.63, 3.8) is 0 Å². The number of hydrogen-bond acceptors (Lipinski definition) is 12. The van der Waals surface area contributed by atoms with Crippen LogP contribution < -0.4 is 4.90 Å². The van der Waals surface area contributed by atoms with Crippen molar-refractivity contribution in [1.82, 2.24) is 9.36 Å². The van der Waals surface area contributed by atoms with Gasteiger partial charge in [0.15, 0.2) is 0 Å². The van der Waals surface area contributed by atoms with Crippen LogP contribution in [0.4, 0.5) is 22.2 Å². The predicted molar refractivity (Wildman–Crippen MR) is 97.1 cm³/mol. The van der Waals surface area contributed by atoms with Gasteiger partial charge in [0.05, 0.1) is 17.2 Å². The Morgan fingerprint density at radius 1 is 1.37 bits per heavy atom. The molecule has 2 rings (SSSR count). The van der Waals surface area contributed by atoms with Gasteiger partial charge in [-0.1, -0.05) is 0 Å². The van der Waals surface area contributed by atoms with E-state index >= 15 is 0 Å². The summed E-state index contributed by atoms with van der Waals surface area (Å²) < 4.78 is 39.4. The Labute approximate surface area is 159 Å². The molecule has 0 aliphatic heterocycles. The molecule has 0 N–H and O–H groups in total. The molecule has 1 heterocycles. The van der Waals surface area contributed by atoms with Crippen molar-refractivity contribution in [1.29, 1.82) is 0 Å². The van der Waals surface area contributed by atoms with Crippen LogP contribution in [0.1, 0.15) is 6.92 Å². The summed E-state index contributed by atoms with van der Waals surface area (Å²) in [6.07, 6.45) is 1.31. The Balaban J connectivity index is 0.00000364. The number of hydrogen-bond donors (Lipinski definition) is 0. The van der Waals surface area contributed by atoms with E-state index < -0.39 is 21.9 Å². The van der Waals surface area contributed by atoms with Crippen LogP contribution in [0.25, 0.3) is 0 Å². The lowest BCUT2D eigenvalue weighted by Crippen LogP contribution is -2.28. The Morgan fingerprint density at radius 3 is 2.67 bits per heavy atom. The topological polar surface area (TPSA) is 163 Å². The number of nitro groups is 1. The van der Waals surface area contributed by atoms with Crippen molar-refractivity contribution < 1.29 is 22.1 Å². The molecule has 0 saturated heterocycles. The number of nitro benzene ring substituents is 1. The number of azo groups is 1. The smallest absolute Gasteiger partial charge is 0.294 e. The zero-order valence-electron chi connectivity index (χ0n) is 14.4. The lowest BCUT2D eigenvalue weighted by atomic mass is 10.2. The zero-order valence-corrected chi connectivity index (χ0v) is 16.0. The molecule has 0 bridgehead atoms. The van der Waals surface area contributed by atoms with E-state index in [0.717, 1.165) is 11.5 Å². The molecule has 0 radical (unpaired) electrons. The number of rotatable bonds is 9. The van der Waals surface area contributed by atoms with E-state index in [2.05, 4.69) is 23.8 Å². The second-order valence-corrected chi connectivity index (χ2v) is 6.47. The maximum Gasteiger partial charge on any atom is 0.294 e. The Bertz CT molecular complexity index is 887. The van der Waals surface area contributed by atoms with Crippen LogP contribution in [-0.4, -0.2) is 46.9 Å². The van der Waals surface area contributed by atoms with E-state index in [1.165, 1.54) is 29.4 Å². The first kappa shape index (κ1) is 22.4. The molecule has 0 spiro atoms. The minimum absolute atomic E-state index is 0. The van der Waals surface area contributed by atoms with Crippen LogP contribution in [0.2, 0.25) is 0 Å². The van der Waals surface area contributed by atoms with Gasteiger partial charge in [0, 0.05) is 38.1 Å². The lowest BCUT2D eigenvalue weighted by Gasteiger charge is -2.23. The van der Waals surface area contributed by atoms with Crippen molar-refractivity contribution in [2.75, 3.05) is 24.6 Å². The summed E-state index contributed by atoms with van der Waals surface area (Å²) in [6, 6.07) is 4.20. The fraction of sp³-hybridized carbons (Fsp3) is 0.308. The number of aromatic nitrogens is 2. The van der Waals surface area contributed by atoms with E-state index in [9.17, 15) is 23.1 Å². The van der Waals surface area contributed by atoms with Crippen molar-refractivity contribution >= 4 is 44.1 Å². The Hall–Kier alpha value is -2.68. The molecule has 1 aromatic heterocycles. The number of likely N-dealkylation sites (N-methyl/N-ethyl adjacent to an activating group) is 1. The summed E-state index contributed by atoms with van der Waals surface area (Å²) in [5.41, 5.74) is 0.231. The van der Waals surface area contributed by atoms with Gasteiger partial charge in [0.2, 0.25) is 15.5 Å². The molecule has 0 aliphatic carbocycles.